The summed E-state index contributed by atoms with van der Waals surface area (Å²) in [6.45, 7) is 3.59. The van der Waals surface area contributed by atoms with E-state index in [4.69, 9.17) is 23.2 Å². The molecule has 5 heteroatoms. The normalized spacial score (nSPS) is 10.9. The lowest BCUT2D eigenvalue weighted by Crippen LogP contribution is -2.04. The van der Waals surface area contributed by atoms with Gasteiger partial charge in [0.15, 0.2) is 0 Å². The zero-order valence-electron chi connectivity index (χ0n) is 9.54. The maximum atomic E-state index is 9.37. The van der Waals surface area contributed by atoms with E-state index in [0.717, 1.165) is 17.1 Å². The van der Waals surface area contributed by atoms with Crippen LogP contribution in [-0.4, -0.2) is 14.9 Å². The highest BCUT2D eigenvalue weighted by molar-refractivity contribution is 6.32. The van der Waals surface area contributed by atoms with Crippen LogP contribution in [0.1, 0.15) is 17.0 Å². The van der Waals surface area contributed by atoms with E-state index in [9.17, 15) is 5.11 Å². The molecule has 2 aromatic rings. The summed E-state index contributed by atoms with van der Waals surface area (Å²) in [5.74, 6) is 0. The molecule has 1 aromatic heterocycles. The highest BCUT2D eigenvalue weighted by Gasteiger charge is 2.14. The van der Waals surface area contributed by atoms with E-state index in [2.05, 4.69) is 5.10 Å². The largest absolute Gasteiger partial charge is 0.392 e. The maximum Gasteiger partial charge on any atom is 0.0848 e. The van der Waals surface area contributed by atoms with Crippen LogP contribution in [0, 0.1) is 13.8 Å². The number of aryl methyl sites for hydroxylation is 1. The number of benzene rings is 1. The number of halogens is 2. The molecule has 0 aliphatic rings. The van der Waals surface area contributed by atoms with E-state index in [0.29, 0.717) is 15.6 Å². The molecule has 0 saturated heterocycles. The van der Waals surface area contributed by atoms with Gasteiger partial charge in [-0.15, -0.1) is 0 Å². The van der Waals surface area contributed by atoms with Gasteiger partial charge in [0, 0.05) is 10.6 Å². The predicted octanol–water partition coefficient (Wildman–Crippen LogP) is 3.29. The van der Waals surface area contributed by atoms with Crippen molar-refractivity contribution in [3.63, 3.8) is 0 Å². The Bertz CT molecular complexity index is 564. The molecule has 0 atom stereocenters. The van der Waals surface area contributed by atoms with Gasteiger partial charge in [0.25, 0.3) is 0 Å². The summed E-state index contributed by atoms with van der Waals surface area (Å²) >= 11 is 12.1. The SMILES string of the molecule is Cc1nn(-c2cccc(Cl)c2CO)c(C)c1Cl. The molecule has 0 amide bonds. The first kappa shape index (κ1) is 12.4. The number of nitrogens with zero attached hydrogens (tertiary/aromatic N) is 2. The number of hydrogen-bond acceptors (Lipinski definition) is 2. The van der Waals surface area contributed by atoms with Crippen LogP contribution in [0.15, 0.2) is 18.2 Å². The van der Waals surface area contributed by atoms with E-state index in [1.165, 1.54) is 0 Å². The molecule has 1 N–H and O–H groups in total. The smallest absolute Gasteiger partial charge is 0.0848 e. The monoisotopic (exact) mass is 270 g/mol. The van der Waals surface area contributed by atoms with E-state index < -0.39 is 0 Å². The molecule has 0 radical (unpaired) electrons. The van der Waals surface area contributed by atoms with Crippen LogP contribution in [0.2, 0.25) is 10.0 Å². The lowest BCUT2D eigenvalue weighted by atomic mass is 10.2. The number of hydrogen-bond donors (Lipinski definition) is 1. The van der Waals surface area contributed by atoms with Crippen molar-refractivity contribution in [3.8, 4) is 5.69 Å². The van der Waals surface area contributed by atoms with Crippen LogP contribution in [0.4, 0.5) is 0 Å². The second kappa shape index (κ2) is 4.69. The van der Waals surface area contributed by atoms with E-state index >= 15 is 0 Å². The number of aliphatic hydroxyl groups is 1. The zero-order valence-corrected chi connectivity index (χ0v) is 11.0. The molecule has 90 valence electrons. The Morgan fingerprint density at radius 2 is 2.00 bits per heavy atom. The van der Waals surface area contributed by atoms with Gasteiger partial charge < -0.3 is 5.11 Å². The quantitative estimate of drug-likeness (QED) is 0.910. The summed E-state index contributed by atoms with van der Waals surface area (Å²) in [7, 11) is 0. The van der Waals surface area contributed by atoms with Gasteiger partial charge in [0.05, 0.1) is 28.7 Å². The Balaban J connectivity index is 2.68. The van der Waals surface area contributed by atoms with Crippen molar-refractivity contribution < 1.29 is 5.11 Å². The summed E-state index contributed by atoms with van der Waals surface area (Å²) in [5, 5.41) is 14.9. The molecule has 0 fully saturated rings. The predicted molar refractivity (Wildman–Crippen MR) is 69.0 cm³/mol. The van der Waals surface area contributed by atoms with Crippen LogP contribution in [0.25, 0.3) is 5.69 Å². The second-order valence-corrected chi connectivity index (χ2v) is 4.58. The Hall–Kier alpha value is -1.03. The molecular weight excluding hydrogens is 259 g/mol. The third kappa shape index (κ3) is 2.06. The molecule has 1 heterocycles. The van der Waals surface area contributed by atoms with Gasteiger partial charge >= 0.3 is 0 Å². The Morgan fingerprint density at radius 3 is 2.53 bits per heavy atom. The number of aromatic nitrogens is 2. The zero-order chi connectivity index (χ0) is 12.6. The minimum absolute atomic E-state index is 0.134. The van der Waals surface area contributed by atoms with Gasteiger partial charge in [-0.1, -0.05) is 29.3 Å². The molecular formula is C12H12Cl2N2O. The van der Waals surface area contributed by atoms with Crippen LogP contribution in [0.5, 0.6) is 0 Å². The van der Waals surface area contributed by atoms with Crippen molar-refractivity contribution in [2.45, 2.75) is 20.5 Å². The van der Waals surface area contributed by atoms with Gasteiger partial charge in [-0.05, 0) is 26.0 Å². The first-order valence-electron chi connectivity index (χ1n) is 5.16. The molecule has 0 unspecified atom stereocenters. The van der Waals surface area contributed by atoms with Crippen molar-refractivity contribution in [1.29, 1.82) is 0 Å². The highest BCUT2D eigenvalue weighted by atomic mass is 35.5. The fourth-order valence-corrected chi connectivity index (χ4v) is 2.11. The fourth-order valence-electron chi connectivity index (χ4n) is 1.76. The van der Waals surface area contributed by atoms with Crippen molar-refractivity contribution in [2.24, 2.45) is 0 Å². The van der Waals surface area contributed by atoms with Crippen LogP contribution in [0.3, 0.4) is 0 Å². The standard InChI is InChI=1S/C12H12Cl2N2O/c1-7-12(14)8(2)16(15-7)11-5-3-4-10(13)9(11)6-17/h3-5,17H,6H2,1-2H3. The summed E-state index contributed by atoms with van der Waals surface area (Å²) in [6.07, 6.45) is 0. The molecule has 2 rings (SSSR count). The van der Waals surface area contributed by atoms with Crippen molar-refractivity contribution in [1.82, 2.24) is 9.78 Å². The maximum absolute atomic E-state index is 9.37. The van der Waals surface area contributed by atoms with Crippen molar-refractivity contribution >= 4 is 23.2 Å². The average Bonchev–Trinajstić information content (AvgIpc) is 2.56. The third-order valence-electron chi connectivity index (χ3n) is 2.68. The van der Waals surface area contributed by atoms with Gasteiger partial charge in [-0.3, -0.25) is 0 Å². The molecule has 1 aromatic carbocycles. The fraction of sp³-hybridized carbons (Fsp3) is 0.250. The minimum atomic E-state index is -0.134. The van der Waals surface area contributed by atoms with E-state index in [-0.39, 0.29) is 6.61 Å². The van der Waals surface area contributed by atoms with Crippen LogP contribution < -0.4 is 0 Å². The third-order valence-corrected chi connectivity index (χ3v) is 3.58. The van der Waals surface area contributed by atoms with E-state index in [1.807, 2.05) is 26.0 Å². The molecule has 0 bridgehead atoms. The van der Waals surface area contributed by atoms with Gasteiger partial charge in [-0.2, -0.15) is 5.10 Å². The second-order valence-electron chi connectivity index (χ2n) is 3.79. The first-order chi connectivity index (χ1) is 8.06. The average molecular weight is 271 g/mol. The van der Waals surface area contributed by atoms with Crippen molar-refractivity contribution in [2.75, 3.05) is 0 Å². The minimum Gasteiger partial charge on any atom is -0.392 e. The summed E-state index contributed by atoms with van der Waals surface area (Å²) in [5.41, 5.74) is 3.00. The molecule has 17 heavy (non-hydrogen) atoms. The van der Waals surface area contributed by atoms with E-state index in [1.54, 1.807) is 10.7 Å². The molecule has 0 aliphatic carbocycles. The Kier molecular flexibility index (Phi) is 3.43. The number of rotatable bonds is 2. The van der Waals surface area contributed by atoms with Gasteiger partial charge in [-0.25, -0.2) is 4.68 Å². The first-order valence-corrected chi connectivity index (χ1v) is 5.92. The highest BCUT2D eigenvalue weighted by Crippen LogP contribution is 2.27. The van der Waals surface area contributed by atoms with Gasteiger partial charge in [0.2, 0.25) is 0 Å². The topological polar surface area (TPSA) is 38.0 Å². The lowest BCUT2D eigenvalue weighted by molar-refractivity contribution is 0.281. The molecule has 0 spiro atoms. The summed E-state index contributed by atoms with van der Waals surface area (Å²) in [6, 6.07) is 5.41. The number of aliphatic hydroxyl groups excluding tert-OH is 1. The Labute approximate surface area is 110 Å². The van der Waals surface area contributed by atoms with Crippen molar-refractivity contribution in [3.05, 3.63) is 45.2 Å². The Morgan fingerprint density at radius 1 is 1.29 bits per heavy atom. The molecule has 3 nitrogen and oxygen atoms in total. The van der Waals surface area contributed by atoms with Crippen LogP contribution >= 0.6 is 23.2 Å². The lowest BCUT2D eigenvalue weighted by Gasteiger charge is -2.10. The molecule has 0 saturated carbocycles. The van der Waals surface area contributed by atoms with Crippen LogP contribution in [-0.2, 0) is 6.61 Å². The summed E-state index contributed by atoms with van der Waals surface area (Å²) < 4.78 is 1.70. The summed E-state index contributed by atoms with van der Waals surface area (Å²) in [4.78, 5) is 0. The molecule has 0 aliphatic heterocycles. The van der Waals surface area contributed by atoms with Gasteiger partial charge in [0.1, 0.15) is 0 Å².